The molecule has 5 rings (SSSR count). The molecule has 11 heteroatoms. The fraction of sp³-hybridized carbons (Fsp3) is 0.381. The number of carbonyl (C=O) groups is 2. The third kappa shape index (κ3) is 3.97. The minimum absolute atomic E-state index is 0.0461. The van der Waals surface area contributed by atoms with Crippen LogP contribution in [0.2, 0.25) is 0 Å². The molecule has 166 valence electrons. The van der Waals surface area contributed by atoms with E-state index in [1.807, 2.05) is 10.7 Å². The Bertz CT molecular complexity index is 1180. The molecule has 0 bridgehead atoms. The van der Waals surface area contributed by atoms with Gasteiger partial charge in [0.2, 0.25) is 5.82 Å². The number of carbonyl (C=O) groups excluding carboxylic acids is 2. The molecular weight excluding hydrogens is 420 g/mol. The Morgan fingerprint density at radius 2 is 1.88 bits per heavy atom. The molecular formula is C21H21F2N7O2. The normalized spacial score (nSPS) is 18.4. The highest BCUT2D eigenvalue weighted by Crippen LogP contribution is 2.40. The first-order valence-electron chi connectivity index (χ1n) is 10.4. The van der Waals surface area contributed by atoms with Gasteiger partial charge in [0.25, 0.3) is 11.8 Å². The van der Waals surface area contributed by atoms with E-state index < -0.39 is 23.6 Å². The lowest BCUT2D eigenvalue weighted by Gasteiger charge is -2.19. The van der Waals surface area contributed by atoms with Crippen LogP contribution in [-0.2, 0) is 17.9 Å². The number of rotatable bonds is 5. The maximum atomic E-state index is 13.4. The van der Waals surface area contributed by atoms with Crippen LogP contribution in [0, 0.1) is 11.6 Å². The molecule has 1 saturated carbocycles. The van der Waals surface area contributed by atoms with Crippen molar-refractivity contribution < 1.29 is 18.4 Å². The SMILES string of the molecule is CN1C(=O)C(NC(=O)c2ncn(Cc3cc(F)cc(F)c3)n2)CCn2nc(C3CC3)cc21. The van der Waals surface area contributed by atoms with Crippen LogP contribution in [0.1, 0.15) is 47.1 Å². The van der Waals surface area contributed by atoms with Crippen molar-refractivity contribution in [2.24, 2.45) is 0 Å². The van der Waals surface area contributed by atoms with Gasteiger partial charge in [-0.2, -0.15) is 5.10 Å². The molecule has 32 heavy (non-hydrogen) atoms. The van der Waals surface area contributed by atoms with E-state index in [9.17, 15) is 18.4 Å². The number of nitrogens with zero attached hydrogens (tertiary/aromatic N) is 6. The van der Waals surface area contributed by atoms with Gasteiger partial charge in [-0.1, -0.05) is 0 Å². The Labute approximate surface area is 182 Å². The Kier molecular flexibility index (Phi) is 4.95. The molecule has 2 aliphatic rings. The number of aromatic nitrogens is 5. The topological polar surface area (TPSA) is 97.9 Å². The number of amides is 2. The van der Waals surface area contributed by atoms with E-state index in [2.05, 4.69) is 20.5 Å². The van der Waals surface area contributed by atoms with Crippen molar-refractivity contribution in [1.82, 2.24) is 29.9 Å². The van der Waals surface area contributed by atoms with Crippen molar-refractivity contribution in [2.75, 3.05) is 11.9 Å². The summed E-state index contributed by atoms with van der Waals surface area (Å²) in [4.78, 5) is 31.1. The van der Waals surface area contributed by atoms with E-state index in [-0.39, 0.29) is 18.3 Å². The molecule has 0 radical (unpaired) electrons. The van der Waals surface area contributed by atoms with Crippen molar-refractivity contribution in [1.29, 1.82) is 0 Å². The Morgan fingerprint density at radius 3 is 2.59 bits per heavy atom. The van der Waals surface area contributed by atoms with Gasteiger partial charge in [-0.15, -0.1) is 5.10 Å². The number of likely N-dealkylation sites (N-methyl/N-ethyl adjacent to an activating group) is 1. The highest BCUT2D eigenvalue weighted by atomic mass is 19.1. The van der Waals surface area contributed by atoms with Gasteiger partial charge in [-0.3, -0.25) is 14.5 Å². The standard InChI is InChI=1S/C21H21F2N7O2/c1-28-18-9-17(13-2-3-13)26-30(18)5-4-16(21(28)32)25-20(31)19-24-11-29(27-19)10-12-6-14(22)8-15(23)7-12/h6-9,11,13,16H,2-5,10H2,1H3,(H,25,31). The average molecular weight is 441 g/mol. The van der Waals surface area contributed by atoms with E-state index >= 15 is 0 Å². The first kappa shape index (κ1) is 20.3. The van der Waals surface area contributed by atoms with E-state index in [0.29, 0.717) is 24.4 Å². The lowest BCUT2D eigenvalue weighted by molar-refractivity contribution is -0.120. The Morgan fingerprint density at radius 1 is 1.12 bits per heavy atom. The van der Waals surface area contributed by atoms with E-state index in [4.69, 9.17) is 0 Å². The predicted octanol–water partition coefficient (Wildman–Crippen LogP) is 1.84. The number of aryl methyl sites for hydroxylation is 1. The zero-order valence-electron chi connectivity index (χ0n) is 17.3. The van der Waals surface area contributed by atoms with Crippen molar-refractivity contribution in [3.63, 3.8) is 0 Å². The fourth-order valence-corrected chi connectivity index (χ4v) is 3.88. The summed E-state index contributed by atoms with van der Waals surface area (Å²) >= 11 is 0. The van der Waals surface area contributed by atoms with E-state index in [1.165, 1.54) is 28.0 Å². The number of anilines is 1. The lowest BCUT2D eigenvalue weighted by Crippen LogP contribution is -2.47. The maximum Gasteiger partial charge on any atom is 0.291 e. The molecule has 3 heterocycles. The summed E-state index contributed by atoms with van der Waals surface area (Å²) in [7, 11) is 1.67. The second-order valence-electron chi connectivity index (χ2n) is 8.18. The zero-order chi connectivity index (χ0) is 22.4. The smallest absolute Gasteiger partial charge is 0.291 e. The van der Waals surface area contributed by atoms with Crippen LogP contribution < -0.4 is 10.2 Å². The number of nitrogens with one attached hydrogen (secondary N) is 1. The predicted molar refractivity (Wildman–Crippen MR) is 109 cm³/mol. The van der Waals surface area contributed by atoms with Crippen LogP contribution >= 0.6 is 0 Å². The molecule has 1 aliphatic carbocycles. The van der Waals surface area contributed by atoms with Crippen molar-refractivity contribution in [2.45, 2.75) is 44.3 Å². The second kappa shape index (κ2) is 7.81. The number of hydrogen-bond donors (Lipinski definition) is 1. The minimum atomic E-state index is -0.747. The van der Waals surface area contributed by atoms with Gasteiger partial charge in [0.15, 0.2) is 0 Å². The molecule has 0 spiro atoms. The number of benzene rings is 1. The maximum absolute atomic E-state index is 13.4. The molecule has 1 unspecified atom stereocenters. The molecule has 9 nitrogen and oxygen atoms in total. The van der Waals surface area contributed by atoms with Crippen LogP contribution in [0.5, 0.6) is 0 Å². The van der Waals surface area contributed by atoms with Gasteiger partial charge in [-0.05, 0) is 37.0 Å². The quantitative estimate of drug-likeness (QED) is 0.652. The van der Waals surface area contributed by atoms with Crippen LogP contribution in [0.4, 0.5) is 14.6 Å². The highest BCUT2D eigenvalue weighted by Gasteiger charge is 2.34. The molecule has 1 N–H and O–H groups in total. The fourth-order valence-electron chi connectivity index (χ4n) is 3.88. The highest BCUT2D eigenvalue weighted by molar-refractivity contribution is 6.00. The van der Waals surface area contributed by atoms with Gasteiger partial charge < -0.3 is 5.32 Å². The summed E-state index contributed by atoms with van der Waals surface area (Å²) in [6, 6.07) is 4.34. The van der Waals surface area contributed by atoms with Gasteiger partial charge in [0.05, 0.1) is 12.2 Å². The largest absolute Gasteiger partial charge is 0.337 e. The van der Waals surface area contributed by atoms with Gasteiger partial charge >= 0.3 is 0 Å². The molecule has 3 aromatic rings. The van der Waals surface area contributed by atoms with Gasteiger partial charge in [0.1, 0.15) is 29.8 Å². The average Bonchev–Trinajstić information content (AvgIpc) is 3.36. The summed E-state index contributed by atoms with van der Waals surface area (Å²) in [6.07, 6.45) is 3.94. The monoisotopic (exact) mass is 441 g/mol. The number of halogens is 2. The van der Waals surface area contributed by atoms with Crippen LogP contribution in [0.15, 0.2) is 30.6 Å². The summed E-state index contributed by atoms with van der Waals surface area (Å²) in [5, 5.41) is 11.4. The van der Waals surface area contributed by atoms with Crippen molar-refractivity contribution in [3.05, 3.63) is 59.3 Å². The molecule has 1 aliphatic heterocycles. The molecule has 2 amide bonds. The Hall–Kier alpha value is -3.63. The van der Waals surface area contributed by atoms with Gasteiger partial charge in [0, 0.05) is 31.6 Å². The number of hydrogen-bond acceptors (Lipinski definition) is 5. The van der Waals surface area contributed by atoms with Crippen LogP contribution in [0.25, 0.3) is 0 Å². The molecule has 0 saturated heterocycles. The molecule has 1 aromatic carbocycles. The first-order chi connectivity index (χ1) is 15.4. The van der Waals surface area contributed by atoms with E-state index in [0.717, 1.165) is 30.4 Å². The minimum Gasteiger partial charge on any atom is -0.337 e. The third-order valence-corrected chi connectivity index (χ3v) is 5.69. The van der Waals surface area contributed by atoms with Crippen LogP contribution in [-0.4, -0.2) is 49.4 Å². The molecule has 2 aromatic heterocycles. The molecule has 1 fully saturated rings. The Balaban J connectivity index is 1.26. The number of fused-ring (bicyclic) bond motifs is 1. The second-order valence-corrected chi connectivity index (χ2v) is 8.18. The van der Waals surface area contributed by atoms with Crippen molar-refractivity contribution >= 4 is 17.6 Å². The van der Waals surface area contributed by atoms with E-state index in [1.54, 1.807) is 7.05 Å². The van der Waals surface area contributed by atoms with Crippen LogP contribution in [0.3, 0.4) is 0 Å². The summed E-state index contributed by atoms with van der Waals surface area (Å²) in [5.41, 5.74) is 1.36. The zero-order valence-corrected chi connectivity index (χ0v) is 17.3. The van der Waals surface area contributed by atoms with Gasteiger partial charge in [-0.25, -0.2) is 23.1 Å². The lowest BCUT2D eigenvalue weighted by atomic mass is 10.2. The summed E-state index contributed by atoms with van der Waals surface area (Å²) < 4.78 is 29.9. The summed E-state index contributed by atoms with van der Waals surface area (Å²) in [5.74, 6) is -1.16. The van der Waals surface area contributed by atoms with Crippen molar-refractivity contribution in [3.8, 4) is 0 Å². The molecule has 1 atom stereocenters. The third-order valence-electron chi connectivity index (χ3n) is 5.69. The first-order valence-corrected chi connectivity index (χ1v) is 10.4. The summed E-state index contributed by atoms with van der Waals surface area (Å²) in [6.45, 7) is 0.542.